The molecule has 3 heteroatoms. The van der Waals surface area contributed by atoms with Gasteiger partial charge in [0.05, 0.1) is 5.56 Å². The average molecular weight is 282 g/mol. The van der Waals surface area contributed by atoms with Crippen LogP contribution in [0, 0.1) is 5.92 Å². The normalized spacial score (nSPS) is 16.3. The Labute approximate surface area is 105 Å². The lowest BCUT2D eigenvalue weighted by atomic mass is 10.1. The number of rotatable bonds is 3. The summed E-state index contributed by atoms with van der Waals surface area (Å²) in [5.41, 5.74) is 0.723. The number of carbonyl (C=O) groups is 1. The second-order valence-electron chi connectivity index (χ2n) is 4.34. The Hall–Kier alpha value is -0.830. The fourth-order valence-corrected chi connectivity index (χ4v) is 2.66. The van der Waals surface area contributed by atoms with Gasteiger partial charge in [-0.2, -0.15) is 0 Å². The number of halogens is 1. The molecular formula is C13H16BrNO. The first-order valence-corrected chi connectivity index (χ1v) is 6.59. The highest BCUT2D eigenvalue weighted by atomic mass is 79.9. The second kappa shape index (κ2) is 5.48. The fourth-order valence-electron chi connectivity index (χ4n) is 2.19. The summed E-state index contributed by atoms with van der Waals surface area (Å²) in [6.07, 6.45) is 5.15. The lowest BCUT2D eigenvalue weighted by Gasteiger charge is -2.11. The summed E-state index contributed by atoms with van der Waals surface area (Å²) in [4.78, 5) is 11.9. The van der Waals surface area contributed by atoms with E-state index >= 15 is 0 Å². The Morgan fingerprint density at radius 3 is 2.69 bits per heavy atom. The van der Waals surface area contributed by atoms with Crippen LogP contribution in [0.2, 0.25) is 0 Å². The van der Waals surface area contributed by atoms with Crippen molar-refractivity contribution in [1.29, 1.82) is 0 Å². The van der Waals surface area contributed by atoms with Crippen molar-refractivity contribution in [2.24, 2.45) is 5.92 Å². The Kier molecular flexibility index (Phi) is 3.99. The van der Waals surface area contributed by atoms with Crippen molar-refractivity contribution in [3.05, 3.63) is 34.3 Å². The fraction of sp³-hybridized carbons (Fsp3) is 0.462. The molecule has 0 unspecified atom stereocenters. The molecule has 1 amide bonds. The van der Waals surface area contributed by atoms with Crippen molar-refractivity contribution < 1.29 is 4.79 Å². The van der Waals surface area contributed by atoms with E-state index in [1.54, 1.807) is 0 Å². The Balaban J connectivity index is 1.90. The molecule has 1 aromatic rings. The molecule has 2 nitrogen and oxygen atoms in total. The van der Waals surface area contributed by atoms with E-state index in [4.69, 9.17) is 0 Å². The van der Waals surface area contributed by atoms with E-state index in [2.05, 4.69) is 21.2 Å². The highest BCUT2D eigenvalue weighted by Gasteiger charge is 2.16. The van der Waals surface area contributed by atoms with Gasteiger partial charge in [0.15, 0.2) is 0 Å². The molecule has 0 saturated heterocycles. The van der Waals surface area contributed by atoms with Gasteiger partial charge in [0, 0.05) is 11.0 Å². The van der Waals surface area contributed by atoms with Crippen molar-refractivity contribution in [3.8, 4) is 0 Å². The van der Waals surface area contributed by atoms with Gasteiger partial charge in [-0.3, -0.25) is 4.79 Å². The third-order valence-corrected chi connectivity index (χ3v) is 3.84. The zero-order valence-corrected chi connectivity index (χ0v) is 10.8. The van der Waals surface area contributed by atoms with E-state index in [1.807, 2.05) is 24.3 Å². The van der Waals surface area contributed by atoms with Crippen LogP contribution in [0.5, 0.6) is 0 Å². The number of nitrogens with one attached hydrogen (secondary N) is 1. The third kappa shape index (κ3) is 2.85. The first kappa shape index (κ1) is 11.6. The molecular weight excluding hydrogens is 266 g/mol. The minimum Gasteiger partial charge on any atom is -0.352 e. The first-order chi connectivity index (χ1) is 7.77. The smallest absolute Gasteiger partial charge is 0.252 e. The molecule has 1 fully saturated rings. The molecule has 1 aliphatic rings. The Morgan fingerprint density at radius 2 is 2.00 bits per heavy atom. The van der Waals surface area contributed by atoms with Crippen molar-refractivity contribution in [1.82, 2.24) is 5.32 Å². The van der Waals surface area contributed by atoms with Crippen LogP contribution in [-0.4, -0.2) is 12.5 Å². The molecule has 0 spiro atoms. The van der Waals surface area contributed by atoms with E-state index in [9.17, 15) is 4.79 Å². The van der Waals surface area contributed by atoms with Crippen LogP contribution < -0.4 is 5.32 Å². The number of hydrogen-bond donors (Lipinski definition) is 1. The lowest BCUT2D eigenvalue weighted by molar-refractivity contribution is 0.0946. The van der Waals surface area contributed by atoms with Crippen LogP contribution in [0.4, 0.5) is 0 Å². The zero-order valence-electron chi connectivity index (χ0n) is 9.21. The molecule has 2 rings (SSSR count). The van der Waals surface area contributed by atoms with E-state index in [0.717, 1.165) is 16.6 Å². The van der Waals surface area contributed by atoms with Gasteiger partial charge in [-0.1, -0.05) is 25.0 Å². The molecule has 0 aromatic heterocycles. The van der Waals surface area contributed by atoms with E-state index in [0.29, 0.717) is 5.92 Å². The summed E-state index contributed by atoms with van der Waals surface area (Å²) in [5.74, 6) is 0.714. The van der Waals surface area contributed by atoms with Gasteiger partial charge >= 0.3 is 0 Å². The maximum Gasteiger partial charge on any atom is 0.252 e. The topological polar surface area (TPSA) is 29.1 Å². The monoisotopic (exact) mass is 281 g/mol. The van der Waals surface area contributed by atoms with Gasteiger partial charge in [0.1, 0.15) is 0 Å². The number of carbonyl (C=O) groups excluding carboxylic acids is 1. The van der Waals surface area contributed by atoms with Crippen molar-refractivity contribution in [2.45, 2.75) is 25.7 Å². The van der Waals surface area contributed by atoms with Gasteiger partial charge in [-0.05, 0) is 46.8 Å². The van der Waals surface area contributed by atoms with Gasteiger partial charge < -0.3 is 5.32 Å². The summed E-state index contributed by atoms with van der Waals surface area (Å²) in [7, 11) is 0. The molecule has 86 valence electrons. The standard InChI is InChI=1S/C13H16BrNO/c14-12-8-4-3-7-11(12)13(16)15-9-10-5-1-2-6-10/h3-4,7-8,10H,1-2,5-6,9H2,(H,15,16). The molecule has 0 atom stereocenters. The average Bonchev–Trinajstić information content (AvgIpc) is 2.79. The highest BCUT2D eigenvalue weighted by molar-refractivity contribution is 9.10. The summed E-state index contributed by atoms with van der Waals surface area (Å²) in [6.45, 7) is 0.820. The molecule has 1 aliphatic carbocycles. The molecule has 16 heavy (non-hydrogen) atoms. The summed E-state index contributed by atoms with van der Waals surface area (Å²) < 4.78 is 0.860. The van der Waals surface area contributed by atoms with Crippen molar-refractivity contribution >= 4 is 21.8 Å². The maximum atomic E-state index is 11.9. The SMILES string of the molecule is O=C(NCC1CCCC1)c1ccccc1Br. The molecule has 0 aliphatic heterocycles. The molecule has 0 bridgehead atoms. The Morgan fingerprint density at radius 1 is 1.31 bits per heavy atom. The van der Waals surface area contributed by atoms with Crippen molar-refractivity contribution in [3.63, 3.8) is 0 Å². The van der Waals surface area contributed by atoms with Gasteiger partial charge in [0.2, 0.25) is 0 Å². The van der Waals surface area contributed by atoms with Gasteiger partial charge in [0.25, 0.3) is 5.91 Å². The van der Waals surface area contributed by atoms with Gasteiger partial charge in [-0.25, -0.2) is 0 Å². The van der Waals surface area contributed by atoms with E-state index < -0.39 is 0 Å². The highest BCUT2D eigenvalue weighted by Crippen LogP contribution is 2.24. The zero-order chi connectivity index (χ0) is 11.4. The molecule has 1 saturated carbocycles. The molecule has 0 heterocycles. The third-order valence-electron chi connectivity index (χ3n) is 3.14. The van der Waals surface area contributed by atoms with Crippen LogP contribution in [0.1, 0.15) is 36.0 Å². The summed E-state index contributed by atoms with van der Waals surface area (Å²) in [5, 5.41) is 3.01. The number of benzene rings is 1. The maximum absolute atomic E-state index is 11.9. The van der Waals surface area contributed by atoms with Crippen molar-refractivity contribution in [2.75, 3.05) is 6.54 Å². The van der Waals surface area contributed by atoms with Crippen LogP contribution in [0.15, 0.2) is 28.7 Å². The molecule has 1 N–H and O–H groups in total. The Bertz CT molecular complexity index is 372. The number of amides is 1. The number of hydrogen-bond acceptors (Lipinski definition) is 1. The minimum absolute atomic E-state index is 0.0272. The quantitative estimate of drug-likeness (QED) is 0.904. The van der Waals surface area contributed by atoms with Crippen LogP contribution in [0.3, 0.4) is 0 Å². The predicted octanol–water partition coefficient (Wildman–Crippen LogP) is 3.37. The van der Waals surface area contributed by atoms with E-state index in [1.165, 1.54) is 25.7 Å². The molecule has 1 aromatic carbocycles. The first-order valence-electron chi connectivity index (χ1n) is 5.80. The van der Waals surface area contributed by atoms with Gasteiger partial charge in [-0.15, -0.1) is 0 Å². The van der Waals surface area contributed by atoms with Crippen LogP contribution in [0.25, 0.3) is 0 Å². The van der Waals surface area contributed by atoms with Crippen LogP contribution >= 0.6 is 15.9 Å². The lowest BCUT2D eigenvalue weighted by Crippen LogP contribution is -2.28. The summed E-state index contributed by atoms with van der Waals surface area (Å²) >= 11 is 3.39. The summed E-state index contributed by atoms with van der Waals surface area (Å²) in [6, 6.07) is 7.53. The largest absolute Gasteiger partial charge is 0.352 e. The minimum atomic E-state index is 0.0272. The van der Waals surface area contributed by atoms with Crippen LogP contribution in [-0.2, 0) is 0 Å². The second-order valence-corrected chi connectivity index (χ2v) is 5.19. The van der Waals surface area contributed by atoms with E-state index in [-0.39, 0.29) is 5.91 Å². The molecule has 0 radical (unpaired) electrons. The predicted molar refractivity (Wildman–Crippen MR) is 68.4 cm³/mol.